The van der Waals surface area contributed by atoms with E-state index < -0.39 is 5.91 Å². The normalized spacial score (nSPS) is 10.5. The van der Waals surface area contributed by atoms with E-state index in [9.17, 15) is 9.59 Å². The van der Waals surface area contributed by atoms with Gasteiger partial charge in [0.1, 0.15) is 0 Å². The van der Waals surface area contributed by atoms with E-state index in [1.54, 1.807) is 24.4 Å². The molecule has 0 fully saturated rings. The zero-order valence-electron chi connectivity index (χ0n) is 10.9. The lowest BCUT2D eigenvalue weighted by atomic mass is 10.2. The highest BCUT2D eigenvalue weighted by Crippen LogP contribution is 2.10. The first-order chi connectivity index (χ1) is 10.1. The van der Waals surface area contributed by atoms with Crippen LogP contribution in [0.4, 0.5) is 0 Å². The number of nitrogens with zero attached hydrogens (tertiary/aromatic N) is 1. The first-order valence-corrected chi connectivity index (χ1v) is 7.30. The maximum Gasteiger partial charge on any atom is 0.259 e. The van der Waals surface area contributed by atoms with Crippen molar-refractivity contribution in [2.45, 2.75) is 0 Å². The second-order valence-electron chi connectivity index (χ2n) is 4.00. The van der Waals surface area contributed by atoms with Gasteiger partial charge in [-0.05, 0) is 29.6 Å². The number of hydrogen-bond donors (Lipinski definition) is 2. The van der Waals surface area contributed by atoms with Gasteiger partial charge in [-0.15, -0.1) is 11.3 Å². The molecule has 2 rings (SSSR count). The Bertz CT molecular complexity index is 656. The molecule has 0 aliphatic rings. The van der Waals surface area contributed by atoms with E-state index in [1.807, 2.05) is 17.5 Å². The fourth-order valence-corrected chi connectivity index (χ4v) is 2.24. The van der Waals surface area contributed by atoms with Gasteiger partial charge in [-0.1, -0.05) is 23.7 Å². The molecule has 0 saturated heterocycles. The molecule has 1 heterocycles. The Morgan fingerprint density at radius 2 is 2.14 bits per heavy atom. The summed E-state index contributed by atoms with van der Waals surface area (Å²) >= 11 is 7.30. The second kappa shape index (κ2) is 7.56. The minimum atomic E-state index is -0.404. The lowest BCUT2D eigenvalue weighted by Gasteiger charge is -2.04. The average molecular weight is 322 g/mol. The summed E-state index contributed by atoms with van der Waals surface area (Å²) in [7, 11) is 0. The molecule has 0 aliphatic carbocycles. The molecule has 1 aromatic carbocycles. The molecule has 0 unspecified atom stereocenters. The van der Waals surface area contributed by atoms with Crippen LogP contribution >= 0.6 is 22.9 Å². The van der Waals surface area contributed by atoms with Gasteiger partial charge in [0.25, 0.3) is 11.8 Å². The lowest BCUT2D eigenvalue weighted by molar-refractivity contribution is -0.120. The van der Waals surface area contributed by atoms with Gasteiger partial charge in [-0.3, -0.25) is 9.59 Å². The van der Waals surface area contributed by atoms with Gasteiger partial charge in [0.2, 0.25) is 0 Å². The summed E-state index contributed by atoms with van der Waals surface area (Å²) in [4.78, 5) is 24.2. The number of hydrazone groups is 1. The van der Waals surface area contributed by atoms with E-state index in [1.165, 1.54) is 17.4 Å². The van der Waals surface area contributed by atoms with E-state index in [4.69, 9.17) is 11.6 Å². The second-order valence-corrected chi connectivity index (χ2v) is 5.42. The lowest BCUT2D eigenvalue weighted by Crippen LogP contribution is -2.34. The van der Waals surface area contributed by atoms with Crippen molar-refractivity contribution in [3.8, 4) is 0 Å². The van der Waals surface area contributed by atoms with E-state index in [0.29, 0.717) is 10.6 Å². The van der Waals surface area contributed by atoms with Crippen LogP contribution in [-0.4, -0.2) is 24.6 Å². The molecular weight excluding hydrogens is 310 g/mol. The molecule has 2 amide bonds. The highest BCUT2D eigenvalue weighted by Gasteiger charge is 2.07. The number of rotatable bonds is 5. The topological polar surface area (TPSA) is 70.6 Å². The Labute approximate surface area is 130 Å². The predicted molar refractivity (Wildman–Crippen MR) is 83.8 cm³/mol. The molecule has 2 aromatic rings. The van der Waals surface area contributed by atoms with Crippen molar-refractivity contribution in [1.82, 2.24) is 10.7 Å². The van der Waals surface area contributed by atoms with Crippen molar-refractivity contribution in [3.05, 3.63) is 57.2 Å². The summed E-state index contributed by atoms with van der Waals surface area (Å²) in [6, 6.07) is 10.3. The van der Waals surface area contributed by atoms with Crippen LogP contribution in [0.15, 0.2) is 46.9 Å². The number of thiophene rings is 1. The van der Waals surface area contributed by atoms with Crippen LogP contribution in [-0.2, 0) is 4.79 Å². The quantitative estimate of drug-likeness (QED) is 0.655. The van der Waals surface area contributed by atoms with E-state index in [-0.39, 0.29) is 12.5 Å². The number of carbonyl (C=O) groups excluding carboxylic acids is 2. The van der Waals surface area contributed by atoms with Crippen LogP contribution in [0.2, 0.25) is 5.02 Å². The monoisotopic (exact) mass is 321 g/mol. The molecule has 0 atom stereocenters. The zero-order chi connectivity index (χ0) is 15.1. The maximum atomic E-state index is 11.8. The summed E-state index contributed by atoms with van der Waals surface area (Å²) < 4.78 is 0. The number of carbonyl (C=O) groups is 2. The smallest absolute Gasteiger partial charge is 0.259 e. The van der Waals surface area contributed by atoms with Crippen LogP contribution in [0.1, 0.15) is 15.2 Å². The number of amides is 2. The molecule has 0 spiro atoms. The van der Waals surface area contributed by atoms with Crippen molar-refractivity contribution in [1.29, 1.82) is 0 Å². The van der Waals surface area contributed by atoms with Crippen molar-refractivity contribution in [3.63, 3.8) is 0 Å². The summed E-state index contributed by atoms with van der Waals surface area (Å²) in [6.45, 7) is -0.160. The van der Waals surface area contributed by atoms with Gasteiger partial charge in [0.15, 0.2) is 0 Å². The summed E-state index contributed by atoms with van der Waals surface area (Å²) in [5.41, 5.74) is 2.74. The Kier molecular flexibility index (Phi) is 5.48. The molecule has 108 valence electrons. The molecule has 1 aromatic heterocycles. The minimum Gasteiger partial charge on any atom is -0.343 e. The fourth-order valence-electron chi connectivity index (χ4n) is 1.46. The van der Waals surface area contributed by atoms with Gasteiger partial charge >= 0.3 is 0 Å². The zero-order valence-corrected chi connectivity index (χ0v) is 12.4. The first kappa shape index (κ1) is 15.2. The molecule has 2 N–H and O–H groups in total. The Balaban J connectivity index is 1.77. The van der Waals surface area contributed by atoms with Gasteiger partial charge in [-0.25, -0.2) is 5.43 Å². The number of nitrogens with one attached hydrogen (secondary N) is 2. The van der Waals surface area contributed by atoms with Crippen molar-refractivity contribution in [2.24, 2.45) is 5.10 Å². The summed E-state index contributed by atoms with van der Waals surface area (Å²) in [5, 5.41) is 8.66. The third kappa shape index (κ3) is 5.02. The molecule has 21 heavy (non-hydrogen) atoms. The van der Waals surface area contributed by atoms with Gasteiger partial charge in [0, 0.05) is 15.5 Å². The van der Waals surface area contributed by atoms with E-state index >= 15 is 0 Å². The van der Waals surface area contributed by atoms with Crippen LogP contribution in [0.3, 0.4) is 0 Å². The SMILES string of the molecule is O=C(CNC(=O)c1cccc(Cl)c1)N/N=C\c1cccs1. The molecule has 5 nitrogen and oxygen atoms in total. The predicted octanol–water partition coefficient (Wildman–Crippen LogP) is 2.28. The highest BCUT2D eigenvalue weighted by molar-refractivity contribution is 7.11. The summed E-state index contributed by atoms with van der Waals surface area (Å²) in [5.74, 6) is -0.770. The third-order valence-electron chi connectivity index (χ3n) is 2.42. The molecule has 0 radical (unpaired) electrons. The summed E-state index contributed by atoms with van der Waals surface area (Å²) in [6.07, 6.45) is 1.54. The maximum absolute atomic E-state index is 11.8. The molecule has 7 heteroatoms. The van der Waals surface area contributed by atoms with E-state index in [2.05, 4.69) is 15.8 Å². The molecule has 0 bridgehead atoms. The largest absolute Gasteiger partial charge is 0.343 e. The molecule has 0 aliphatic heterocycles. The first-order valence-electron chi connectivity index (χ1n) is 6.04. The van der Waals surface area contributed by atoms with Gasteiger partial charge < -0.3 is 5.32 Å². The number of benzene rings is 1. The minimum absolute atomic E-state index is 0.160. The van der Waals surface area contributed by atoms with Crippen LogP contribution in [0.25, 0.3) is 0 Å². The Hall–Kier alpha value is -2.18. The highest BCUT2D eigenvalue weighted by atomic mass is 35.5. The van der Waals surface area contributed by atoms with Crippen LogP contribution in [0, 0.1) is 0 Å². The van der Waals surface area contributed by atoms with Crippen molar-refractivity contribution >= 4 is 41.0 Å². The third-order valence-corrected chi connectivity index (χ3v) is 3.46. The number of hydrogen-bond acceptors (Lipinski definition) is 4. The Morgan fingerprint density at radius 1 is 1.29 bits per heavy atom. The van der Waals surface area contributed by atoms with Crippen LogP contribution in [0.5, 0.6) is 0 Å². The van der Waals surface area contributed by atoms with Crippen molar-refractivity contribution < 1.29 is 9.59 Å². The number of halogens is 1. The van der Waals surface area contributed by atoms with E-state index in [0.717, 1.165) is 4.88 Å². The standard InChI is InChI=1S/C14H12ClN3O2S/c15-11-4-1-3-10(7-11)14(20)16-9-13(19)18-17-8-12-5-2-6-21-12/h1-8H,9H2,(H,16,20)(H,18,19)/b17-8-. The molecule has 0 saturated carbocycles. The Morgan fingerprint density at radius 3 is 2.86 bits per heavy atom. The van der Waals surface area contributed by atoms with Crippen molar-refractivity contribution in [2.75, 3.05) is 6.54 Å². The average Bonchev–Trinajstić information content (AvgIpc) is 2.98. The fraction of sp³-hybridized carbons (Fsp3) is 0.0714. The van der Waals surface area contributed by atoms with Gasteiger partial charge in [0.05, 0.1) is 12.8 Å². The van der Waals surface area contributed by atoms with Gasteiger partial charge in [-0.2, -0.15) is 5.10 Å². The molecular formula is C14H12ClN3O2S. The van der Waals surface area contributed by atoms with Crippen LogP contribution < -0.4 is 10.7 Å².